The van der Waals surface area contributed by atoms with E-state index in [-0.39, 0.29) is 0 Å². The normalized spacial score (nSPS) is 10.7. The van der Waals surface area contributed by atoms with Crippen LogP contribution in [0.2, 0.25) is 0 Å². The number of fused-ring (bicyclic) bond motifs is 1. The number of hydrogen-bond acceptors (Lipinski definition) is 6. The molecule has 0 aromatic carbocycles. The number of imidazole rings is 1. The lowest BCUT2D eigenvalue weighted by molar-refractivity contribution is 0.198. The van der Waals surface area contributed by atoms with Crippen molar-refractivity contribution >= 4 is 22.9 Å². The molecule has 0 aliphatic heterocycles. The first-order chi connectivity index (χ1) is 8.35. The highest BCUT2D eigenvalue weighted by molar-refractivity contribution is 5.83. The summed E-state index contributed by atoms with van der Waals surface area (Å²) in [5.74, 6) is 1.31. The van der Waals surface area contributed by atoms with Crippen LogP contribution >= 0.6 is 0 Å². The first-order valence-corrected chi connectivity index (χ1v) is 5.47. The molecule has 2 aromatic rings. The summed E-state index contributed by atoms with van der Waals surface area (Å²) in [6.45, 7) is 1.52. The number of hydrogen-bond donors (Lipinski definition) is 3. The van der Waals surface area contributed by atoms with Crippen molar-refractivity contribution in [2.75, 3.05) is 37.9 Å². The van der Waals surface area contributed by atoms with Crippen LogP contribution in [-0.4, -0.2) is 47.2 Å². The SMILES string of the molecule is CNc1nc(NCCCOC)c2[nH]cnc2n1. The monoisotopic (exact) mass is 236 g/mol. The van der Waals surface area contributed by atoms with E-state index in [1.807, 2.05) is 0 Å². The van der Waals surface area contributed by atoms with Crippen LogP contribution in [0.15, 0.2) is 6.33 Å². The van der Waals surface area contributed by atoms with Gasteiger partial charge in [0.2, 0.25) is 5.95 Å². The summed E-state index contributed by atoms with van der Waals surface area (Å²) >= 11 is 0. The van der Waals surface area contributed by atoms with Gasteiger partial charge in [0.05, 0.1) is 6.33 Å². The van der Waals surface area contributed by atoms with Gasteiger partial charge in [0, 0.05) is 27.3 Å². The third-order valence-corrected chi connectivity index (χ3v) is 2.33. The maximum absolute atomic E-state index is 4.99. The van der Waals surface area contributed by atoms with E-state index in [2.05, 4.69) is 30.6 Å². The van der Waals surface area contributed by atoms with Gasteiger partial charge in [-0.15, -0.1) is 0 Å². The Kier molecular flexibility index (Phi) is 3.71. The molecule has 0 unspecified atom stereocenters. The number of nitrogens with one attached hydrogen (secondary N) is 3. The maximum atomic E-state index is 4.99. The van der Waals surface area contributed by atoms with Gasteiger partial charge in [-0.05, 0) is 6.42 Å². The second-order valence-electron chi connectivity index (χ2n) is 3.52. The predicted octanol–water partition coefficient (Wildman–Crippen LogP) is 0.843. The first kappa shape index (κ1) is 11.6. The number of H-pyrrole nitrogens is 1. The number of aromatic amines is 1. The van der Waals surface area contributed by atoms with Crippen LogP contribution in [0.4, 0.5) is 11.8 Å². The second-order valence-corrected chi connectivity index (χ2v) is 3.52. The Morgan fingerprint density at radius 2 is 2.29 bits per heavy atom. The highest BCUT2D eigenvalue weighted by atomic mass is 16.5. The van der Waals surface area contributed by atoms with Crippen LogP contribution in [0.5, 0.6) is 0 Å². The minimum absolute atomic E-state index is 0.554. The van der Waals surface area contributed by atoms with Gasteiger partial charge in [-0.1, -0.05) is 0 Å². The van der Waals surface area contributed by atoms with E-state index in [4.69, 9.17) is 4.74 Å². The van der Waals surface area contributed by atoms with Crippen LogP contribution in [0.3, 0.4) is 0 Å². The molecule has 2 aromatic heterocycles. The zero-order valence-electron chi connectivity index (χ0n) is 9.95. The van der Waals surface area contributed by atoms with Gasteiger partial charge in [-0.25, -0.2) is 4.98 Å². The Labute approximate surface area is 99.0 Å². The van der Waals surface area contributed by atoms with Crippen molar-refractivity contribution in [3.8, 4) is 0 Å². The molecular weight excluding hydrogens is 220 g/mol. The molecular formula is C10H16N6O. The molecule has 2 heterocycles. The Bertz CT molecular complexity index is 483. The van der Waals surface area contributed by atoms with Crippen LogP contribution in [0.25, 0.3) is 11.2 Å². The van der Waals surface area contributed by atoms with Gasteiger partial charge in [0.1, 0.15) is 5.52 Å². The van der Waals surface area contributed by atoms with Crippen molar-refractivity contribution in [3.05, 3.63) is 6.33 Å². The van der Waals surface area contributed by atoms with E-state index in [1.165, 1.54) is 0 Å². The maximum Gasteiger partial charge on any atom is 0.226 e. The van der Waals surface area contributed by atoms with E-state index in [9.17, 15) is 0 Å². The Balaban J connectivity index is 2.16. The molecule has 17 heavy (non-hydrogen) atoms. The minimum Gasteiger partial charge on any atom is -0.385 e. The molecule has 0 aliphatic rings. The molecule has 0 atom stereocenters. The highest BCUT2D eigenvalue weighted by Crippen LogP contribution is 2.17. The van der Waals surface area contributed by atoms with Crippen molar-refractivity contribution in [2.24, 2.45) is 0 Å². The van der Waals surface area contributed by atoms with Crippen molar-refractivity contribution in [1.82, 2.24) is 19.9 Å². The summed E-state index contributed by atoms with van der Waals surface area (Å²) in [7, 11) is 3.47. The second kappa shape index (κ2) is 5.44. The molecule has 0 fully saturated rings. The van der Waals surface area contributed by atoms with Gasteiger partial charge in [0.15, 0.2) is 11.5 Å². The van der Waals surface area contributed by atoms with Gasteiger partial charge in [-0.3, -0.25) is 0 Å². The van der Waals surface area contributed by atoms with E-state index in [0.29, 0.717) is 11.6 Å². The average Bonchev–Trinajstić information content (AvgIpc) is 2.82. The van der Waals surface area contributed by atoms with Crippen LogP contribution in [0.1, 0.15) is 6.42 Å². The molecule has 0 saturated carbocycles. The molecule has 0 radical (unpaired) electrons. The van der Waals surface area contributed by atoms with Crippen LogP contribution in [0, 0.1) is 0 Å². The van der Waals surface area contributed by atoms with Crippen LogP contribution in [-0.2, 0) is 4.74 Å². The Morgan fingerprint density at radius 1 is 1.41 bits per heavy atom. The number of aromatic nitrogens is 4. The zero-order valence-corrected chi connectivity index (χ0v) is 9.95. The lowest BCUT2D eigenvalue weighted by atomic mass is 10.4. The largest absolute Gasteiger partial charge is 0.385 e. The van der Waals surface area contributed by atoms with Crippen molar-refractivity contribution in [3.63, 3.8) is 0 Å². The number of nitrogens with zero attached hydrogens (tertiary/aromatic N) is 3. The summed E-state index contributed by atoms with van der Waals surface area (Å²) < 4.78 is 4.99. The third-order valence-electron chi connectivity index (χ3n) is 2.33. The van der Waals surface area contributed by atoms with Gasteiger partial charge in [-0.2, -0.15) is 9.97 Å². The predicted molar refractivity (Wildman–Crippen MR) is 66.2 cm³/mol. The molecule has 0 aliphatic carbocycles. The molecule has 0 amide bonds. The molecule has 0 spiro atoms. The smallest absolute Gasteiger partial charge is 0.226 e. The summed E-state index contributed by atoms with van der Waals surface area (Å²) in [5.41, 5.74) is 1.47. The van der Waals surface area contributed by atoms with E-state index >= 15 is 0 Å². The fraction of sp³-hybridized carbons (Fsp3) is 0.500. The quantitative estimate of drug-likeness (QED) is 0.644. The van der Waals surface area contributed by atoms with Crippen molar-refractivity contribution < 1.29 is 4.74 Å². The van der Waals surface area contributed by atoms with E-state index < -0.39 is 0 Å². The van der Waals surface area contributed by atoms with Gasteiger partial charge >= 0.3 is 0 Å². The van der Waals surface area contributed by atoms with E-state index in [1.54, 1.807) is 20.5 Å². The minimum atomic E-state index is 0.554. The molecule has 3 N–H and O–H groups in total. The first-order valence-electron chi connectivity index (χ1n) is 5.47. The summed E-state index contributed by atoms with van der Waals surface area (Å²) in [6, 6.07) is 0. The van der Waals surface area contributed by atoms with Crippen LogP contribution < -0.4 is 10.6 Å². The lowest BCUT2D eigenvalue weighted by Crippen LogP contribution is -2.08. The molecule has 92 valence electrons. The molecule has 0 saturated heterocycles. The van der Waals surface area contributed by atoms with Gasteiger partial charge in [0.25, 0.3) is 0 Å². The zero-order chi connectivity index (χ0) is 12.1. The number of anilines is 2. The molecule has 2 rings (SSSR count). The lowest BCUT2D eigenvalue weighted by Gasteiger charge is -2.07. The molecule has 7 heteroatoms. The van der Waals surface area contributed by atoms with Gasteiger partial charge < -0.3 is 20.4 Å². The summed E-state index contributed by atoms with van der Waals surface area (Å²) in [5, 5.41) is 6.15. The highest BCUT2D eigenvalue weighted by Gasteiger charge is 2.08. The number of ether oxygens (including phenoxy) is 1. The molecule has 7 nitrogen and oxygen atoms in total. The topological polar surface area (TPSA) is 87.8 Å². The number of rotatable bonds is 6. The van der Waals surface area contributed by atoms with Crippen molar-refractivity contribution in [1.29, 1.82) is 0 Å². The number of methoxy groups -OCH3 is 1. The standard InChI is InChI=1S/C10H16N6O/c1-11-10-15-8(12-4-3-5-17-2)7-9(16-10)14-6-13-7/h6H,3-5H2,1-2H3,(H3,11,12,13,14,15,16). The Hall–Kier alpha value is -1.89. The van der Waals surface area contributed by atoms with Crippen molar-refractivity contribution in [2.45, 2.75) is 6.42 Å². The summed E-state index contributed by atoms with van der Waals surface area (Å²) in [6.07, 6.45) is 2.53. The Morgan fingerprint density at radius 3 is 3.06 bits per heavy atom. The summed E-state index contributed by atoms with van der Waals surface area (Å²) in [4.78, 5) is 15.7. The molecule has 0 bridgehead atoms. The third kappa shape index (κ3) is 2.62. The average molecular weight is 236 g/mol. The fourth-order valence-electron chi connectivity index (χ4n) is 1.50. The van der Waals surface area contributed by atoms with E-state index in [0.717, 1.165) is 30.9 Å². The fourth-order valence-corrected chi connectivity index (χ4v) is 1.50.